The van der Waals surface area contributed by atoms with Crippen LogP contribution in [-0.2, 0) is 15.7 Å². The van der Waals surface area contributed by atoms with E-state index in [2.05, 4.69) is 0 Å². The van der Waals surface area contributed by atoms with Gasteiger partial charge in [0.25, 0.3) is 5.91 Å². The number of hydrogen-bond donors (Lipinski definition) is 0. The first kappa shape index (κ1) is 21.8. The molecule has 0 saturated heterocycles. The molecule has 0 aliphatic heterocycles. The minimum absolute atomic E-state index is 0.00678. The van der Waals surface area contributed by atoms with E-state index in [1.807, 2.05) is 0 Å². The van der Waals surface area contributed by atoms with Gasteiger partial charge in [-0.15, -0.1) is 0 Å². The number of alkyl halides is 3. The number of amides is 1. The molecule has 0 fully saturated rings. The molecule has 0 aliphatic carbocycles. The van der Waals surface area contributed by atoms with E-state index in [9.17, 15) is 22.4 Å². The summed E-state index contributed by atoms with van der Waals surface area (Å²) in [7, 11) is 0. The van der Waals surface area contributed by atoms with Crippen molar-refractivity contribution in [1.82, 2.24) is 0 Å². The first-order chi connectivity index (χ1) is 13.3. The Morgan fingerprint density at radius 1 is 0.964 bits per heavy atom. The average molecular weight is 399 g/mol. The van der Waals surface area contributed by atoms with Gasteiger partial charge in [-0.2, -0.15) is 13.2 Å². The number of benzene rings is 2. The van der Waals surface area contributed by atoms with Crippen molar-refractivity contribution >= 4 is 11.6 Å². The maximum absolute atomic E-state index is 13.3. The van der Waals surface area contributed by atoms with Gasteiger partial charge in [-0.3, -0.25) is 4.79 Å². The first-order valence-corrected chi connectivity index (χ1v) is 8.74. The summed E-state index contributed by atoms with van der Waals surface area (Å²) in [5.74, 6) is -1.03. The number of carbonyl (C=O) groups is 1. The average Bonchev–Trinajstić information content (AvgIpc) is 2.66. The Hall–Kier alpha value is -2.45. The minimum Gasteiger partial charge on any atom is -0.351 e. The molecule has 28 heavy (non-hydrogen) atoms. The minimum atomic E-state index is -4.49. The van der Waals surface area contributed by atoms with E-state index in [-0.39, 0.29) is 12.1 Å². The second kappa shape index (κ2) is 9.66. The molecule has 0 aromatic heterocycles. The number of anilines is 1. The third kappa shape index (κ3) is 5.77. The Labute approximate surface area is 160 Å². The van der Waals surface area contributed by atoms with Crippen LogP contribution in [0.5, 0.6) is 0 Å². The van der Waals surface area contributed by atoms with Crippen LogP contribution in [0.3, 0.4) is 0 Å². The van der Waals surface area contributed by atoms with Crippen molar-refractivity contribution in [2.75, 3.05) is 24.7 Å². The first-order valence-electron chi connectivity index (χ1n) is 8.74. The van der Waals surface area contributed by atoms with Crippen molar-refractivity contribution in [2.24, 2.45) is 0 Å². The van der Waals surface area contributed by atoms with Crippen molar-refractivity contribution in [3.05, 3.63) is 65.5 Å². The fraction of sp³-hybridized carbons (Fsp3) is 0.350. The lowest BCUT2D eigenvalue weighted by molar-refractivity contribution is -0.137. The van der Waals surface area contributed by atoms with Gasteiger partial charge >= 0.3 is 6.18 Å². The fourth-order valence-corrected chi connectivity index (χ4v) is 2.56. The number of nitrogens with zero attached hydrogens (tertiary/aromatic N) is 1. The van der Waals surface area contributed by atoms with Crippen molar-refractivity contribution in [1.29, 1.82) is 0 Å². The summed E-state index contributed by atoms with van der Waals surface area (Å²) >= 11 is 0. The summed E-state index contributed by atoms with van der Waals surface area (Å²) in [4.78, 5) is 14.3. The van der Waals surface area contributed by atoms with Crippen LogP contribution in [0.1, 0.15) is 29.8 Å². The Morgan fingerprint density at radius 3 is 1.96 bits per heavy atom. The lowest BCUT2D eigenvalue weighted by Crippen LogP contribution is -2.40. The molecule has 2 aromatic carbocycles. The van der Waals surface area contributed by atoms with Crippen LogP contribution < -0.4 is 4.90 Å². The largest absolute Gasteiger partial charge is 0.416 e. The summed E-state index contributed by atoms with van der Waals surface area (Å²) in [6.07, 6.45) is -5.23. The number of hydrogen-bond acceptors (Lipinski definition) is 3. The molecular weight excluding hydrogens is 378 g/mol. The molecule has 0 bridgehead atoms. The molecule has 8 heteroatoms. The van der Waals surface area contributed by atoms with E-state index in [1.165, 1.54) is 29.2 Å². The second-order valence-electron chi connectivity index (χ2n) is 5.81. The molecule has 0 N–H and O–H groups in total. The summed E-state index contributed by atoms with van der Waals surface area (Å²) in [6.45, 7) is 4.22. The van der Waals surface area contributed by atoms with Gasteiger partial charge in [0.05, 0.1) is 12.1 Å². The predicted octanol–water partition coefficient (Wildman–Crippen LogP) is 4.89. The van der Waals surface area contributed by atoms with Crippen molar-refractivity contribution in [2.45, 2.75) is 26.3 Å². The maximum atomic E-state index is 13.3. The highest BCUT2D eigenvalue weighted by Gasteiger charge is 2.31. The molecule has 152 valence electrons. The standard InChI is InChI=1S/C20H21F4NO3/c1-3-27-18(28-4-2)13-25(17-11-9-16(21)10-12-17)19(26)14-5-7-15(8-6-14)20(22,23)24/h5-12,18H,3-4,13H2,1-2H3. The second-order valence-corrected chi connectivity index (χ2v) is 5.81. The predicted molar refractivity (Wildman–Crippen MR) is 96.6 cm³/mol. The number of carbonyl (C=O) groups excluding carboxylic acids is 1. The highest BCUT2D eigenvalue weighted by Crippen LogP contribution is 2.29. The molecule has 2 aromatic rings. The Kier molecular flexibility index (Phi) is 7.53. The lowest BCUT2D eigenvalue weighted by Gasteiger charge is -2.27. The Bertz CT molecular complexity index is 755. The monoisotopic (exact) mass is 399 g/mol. The van der Waals surface area contributed by atoms with Crippen LogP contribution in [-0.4, -0.2) is 32.0 Å². The van der Waals surface area contributed by atoms with E-state index < -0.39 is 29.8 Å². The zero-order chi connectivity index (χ0) is 20.7. The maximum Gasteiger partial charge on any atom is 0.416 e. The molecule has 2 rings (SSSR count). The van der Waals surface area contributed by atoms with Crippen LogP contribution in [0.15, 0.2) is 48.5 Å². The smallest absolute Gasteiger partial charge is 0.351 e. The quantitative estimate of drug-likeness (QED) is 0.469. The molecule has 0 heterocycles. The van der Waals surface area contributed by atoms with Crippen LogP contribution >= 0.6 is 0 Å². The summed E-state index contributed by atoms with van der Waals surface area (Å²) in [6, 6.07) is 9.11. The van der Waals surface area contributed by atoms with Gasteiger partial charge in [0.2, 0.25) is 0 Å². The van der Waals surface area contributed by atoms with Crippen molar-refractivity contribution < 1.29 is 31.8 Å². The Morgan fingerprint density at radius 2 is 1.50 bits per heavy atom. The van der Waals surface area contributed by atoms with Gasteiger partial charge < -0.3 is 14.4 Å². The van der Waals surface area contributed by atoms with Crippen LogP contribution in [0.25, 0.3) is 0 Å². The third-order valence-electron chi connectivity index (χ3n) is 3.88. The van der Waals surface area contributed by atoms with Crippen LogP contribution in [0, 0.1) is 5.82 Å². The summed E-state index contributed by atoms with van der Waals surface area (Å²) < 4.78 is 62.5. The van der Waals surface area contributed by atoms with Gasteiger partial charge in [0, 0.05) is 24.5 Å². The summed E-state index contributed by atoms with van der Waals surface area (Å²) in [5.41, 5.74) is -0.418. The fourth-order valence-electron chi connectivity index (χ4n) is 2.56. The highest BCUT2D eigenvalue weighted by atomic mass is 19.4. The van der Waals surface area contributed by atoms with Gasteiger partial charge in [0.1, 0.15) is 5.82 Å². The summed E-state index contributed by atoms with van der Waals surface area (Å²) in [5, 5.41) is 0. The zero-order valence-electron chi connectivity index (χ0n) is 15.5. The van der Waals surface area contributed by atoms with Crippen molar-refractivity contribution in [3.63, 3.8) is 0 Å². The molecular formula is C20H21F4NO3. The molecule has 0 radical (unpaired) electrons. The van der Waals surface area contributed by atoms with Gasteiger partial charge in [0.15, 0.2) is 6.29 Å². The molecule has 0 aliphatic rings. The van der Waals surface area contributed by atoms with Gasteiger partial charge in [-0.05, 0) is 62.4 Å². The van der Waals surface area contributed by atoms with E-state index in [1.54, 1.807) is 13.8 Å². The third-order valence-corrected chi connectivity index (χ3v) is 3.88. The van der Waals surface area contributed by atoms with Crippen LogP contribution in [0.4, 0.5) is 23.2 Å². The van der Waals surface area contributed by atoms with E-state index in [0.717, 1.165) is 24.3 Å². The molecule has 0 saturated carbocycles. The number of ether oxygens (including phenoxy) is 2. The van der Waals surface area contributed by atoms with Crippen LogP contribution in [0.2, 0.25) is 0 Å². The Balaban J connectivity index is 2.34. The number of rotatable bonds is 8. The SMILES string of the molecule is CCOC(CN(C(=O)c1ccc(C(F)(F)F)cc1)c1ccc(F)cc1)OCC. The molecule has 0 spiro atoms. The lowest BCUT2D eigenvalue weighted by atomic mass is 10.1. The van der Waals surface area contributed by atoms with E-state index in [4.69, 9.17) is 9.47 Å². The molecule has 0 atom stereocenters. The van der Waals surface area contributed by atoms with E-state index in [0.29, 0.717) is 18.9 Å². The number of halogens is 4. The highest BCUT2D eigenvalue weighted by molar-refractivity contribution is 6.06. The normalized spacial score (nSPS) is 11.7. The molecule has 1 amide bonds. The molecule has 4 nitrogen and oxygen atoms in total. The van der Waals surface area contributed by atoms with Crippen molar-refractivity contribution in [3.8, 4) is 0 Å². The zero-order valence-corrected chi connectivity index (χ0v) is 15.5. The van der Waals surface area contributed by atoms with E-state index >= 15 is 0 Å². The topological polar surface area (TPSA) is 38.8 Å². The molecule has 0 unspecified atom stereocenters. The van der Waals surface area contributed by atoms with Gasteiger partial charge in [-0.25, -0.2) is 4.39 Å². The van der Waals surface area contributed by atoms with Gasteiger partial charge in [-0.1, -0.05) is 0 Å².